The average molecular weight is 382 g/mol. The first-order chi connectivity index (χ1) is 13.0. The third kappa shape index (κ3) is 3.41. The summed E-state index contributed by atoms with van der Waals surface area (Å²) in [6.45, 7) is 4.94. The van der Waals surface area contributed by atoms with Crippen molar-refractivity contribution in [1.82, 2.24) is 14.5 Å². The molecule has 1 aliphatic rings. The largest absolute Gasteiger partial charge is 0.338 e. The van der Waals surface area contributed by atoms with Crippen molar-refractivity contribution in [1.29, 1.82) is 0 Å². The highest BCUT2D eigenvalue weighted by Gasteiger charge is 2.24. The lowest BCUT2D eigenvalue weighted by Gasteiger charge is -2.33. The molecule has 1 aliphatic heterocycles. The SMILES string of the molecule is Cc1ccc(-c2csc3ncn(CC(=O)N4CCCC[C@H]4C)c(=O)c23)cc1. The minimum absolute atomic E-state index is 0.00225. The van der Waals surface area contributed by atoms with Crippen molar-refractivity contribution in [2.75, 3.05) is 6.54 Å². The van der Waals surface area contributed by atoms with Gasteiger partial charge in [-0.05, 0) is 38.7 Å². The fourth-order valence-electron chi connectivity index (χ4n) is 3.73. The molecule has 6 heteroatoms. The molecule has 0 saturated carbocycles. The van der Waals surface area contributed by atoms with Crippen molar-refractivity contribution < 1.29 is 4.79 Å². The van der Waals surface area contributed by atoms with E-state index >= 15 is 0 Å². The van der Waals surface area contributed by atoms with E-state index in [1.165, 1.54) is 27.8 Å². The molecule has 1 atom stereocenters. The van der Waals surface area contributed by atoms with E-state index < -0.39 is 0 Å². The Bertz CT molecular complexity index is 1040. The van der Waals surface area contributed by atoms with Gasteiger partial charge in [0.15, 0.2) is 0 Å². The van der Waals surface area contributed by atoms with Crippen LogP contribution in [0.4, 0.5) is 0 Å². The van der Waals surface area contributed by atoms with Gasteiger partial charge in [-0.2, -0.15) is 0 Å². The second-order valence-corrected chi connectivity index (χ2v) is 8.16. The number of likely N-dealkylation sites (tertiary alicyclic amines) is 1. The summed E-state index contributed by atoms with van der Waals surface area (Å²) in [5.74, 6) is -0.00225. The van der Waals surface area contributed by atoms with E-state index in [0.29, 0.717) is 10.2 Å². The number of rotatable bonds is 3. The molecule has 0 radical (unpaired) electrons. The van der Waals surface area contributed by atoms with Crippen LogP contribution in [0, 0.1) is 6.92 Å². The molecule has 2 aromatic heterocycles. The smallest absolute Gasteiger partial charge is 0.263 e. The van der Waals surface area contributed by atoms with Gasteiger partial charge in [-0.25, -0.2) is 4.98 Å². The van der Waals surface area contributed by atoms with Crippen molar-refractivity contribution in [3.05, 3.63) is 51.9 Å². The van der Waals surface area contributed by atoms with Gasteiger partial charge in [0.2, 0.25) is 5.91 Å². The second kappa shape index (κ2) is 7.27. The summed E-state index contributed by atoms with van der Waals surface area (Å²) in [6, 6.07) is 8.36. The van der Waals surface area contributed by atoms with Crippen LogP contribution in [-0.2, 0) is 11.3 Å². The summed E-state index contributed by atoms with van der Waals surface area (Å²) < 4.78 is 1.45. The van der Waals surface area contributed by atoms with Gasteiger partial charge < -0.3 is 4.90 Å². The average Bonchev–Trinajstić information content (AvgIpc) is 3.10. The van der Waals surface area contributed by atoms with Gasteiger partial charge >= 0.3 is 0 Å². The molecular formula is C21H23N3O2S. The Morgan fingerprint density at radius 3 is 2.78 bits per heavy atom. The molecular weight excluding hydrogens is 358 g/mol. The predicted molar refractivity (Wildman–Crippen MR) is 109 cm³/mol. The van der Waals surface area contributed by atoms with Gasteiger partial charge in [-0.15, -0.1) is 11.3 Å². The van der Waals surface area contributed by atoms with Gasteiger partial charge in [0.1, 0.15) is 11.4 Å². The topological polar surface area (TPSA) is 55.2 Å². The molecule has 1 saturated heterocycles. The lowest BCUT2D eigenvalue weighted by atomic mass is 10.0. The van der Waals surface area contributed by atoms with Crippen LogP contribution in [0.25, 0.3) is 21.3 Å². The van der Waals surface area contributed by atoms with Gasteiger partial charge in [0.25, 0.3) is 5.56 Å². The molecule has 5 nitrogen and oxygen atoms in total. The molecule has 3 aromatic rings. The van der Waals surface area contributed by atoms with Crippen molar-refractivity contribution >= 4 is 27.5 Å². The minimum atomic E-state index is -0.144. The summed E-state index contributed by atoms with van der Waals surface area (Å²) in [5.41, 5.74) is 2.92. The molecule has 4 rings (SSSR count). The van der Waals surface area contributed by atoms with Crippen LogP contribution < -0.4 is 5.56 Å². The Morgan fingerprint density at radius 2 is 2.04 bits per heavy atom. The monoisotopic (exact) mass is 381 g/mol. The Balaban J connectivity index is 1.69. The Kier molecular flexibility index (Phi) is 4.83. The van der Waals surface area contributed by atoms with Gasteiger partial charge in [0.05, 0.1) is 11.7 Å². The van der Waals surface area contributed by atoms with E-state index in [-0.39, 0.29) is 24.1 Å². The van der Waals surface area contributed by atoms with Crippen molar-refractivity contribution in [3.63, 3.8) is 0 Å². The molecule has 1 fully saturated rings. The third-order valence-electron chi connectivity index (χ3n) is 5.35. The Labute approximate surface area is 162 Å². The van der Waals surface area contributed by atoms with E-state index in [9.17, 15) is 9.59 Å². The molecule has 1 amide bonds. The fraction of sp³-hybridized carbons (Fsp3) is 0.381. The van der Waals surface area contributed by atoms with E-state index in [2.05, 4.69) is 11.9 Å². The zero-order valence-electron chi connectivity index (χ0n) is 15.6. The van der Waals surface area contributed by atoms with Gasteiger partial charge in [-0.3, -0.25) is 14.2 Å². The minimum Gasteiger partial charge on any atom is -0.338 e. The number of piperidine rings is 1. The summed E-state index contributed by atoms with van der Waals surface area (Å²) in [5, 5.41) is 2.58. The molecule has 0 N–H and O–H groups in total. The van der Waals surface area contributed by atoms with Crippen molar-refractivity contribution in [2.45, 2.75) is 45.7 Å². The molecule has 0 bridgehead atoms. The molecule has 27 heavy (non-hydrogen) atoms. The number of fused-ring (bicyclic) bond motifs is 1. The first-order valence-corrected chi connectivity index (χ1v) is 10.3. The highest BCUT2D eigenvalue weighted by molar-refractivity contribution is 7.17. The number of benzene rings is 1. The first kappa shape index (κ1) is 17.9. The number of nitrogens with zero attached hydrogens (tertiary/aromatic N) is 3. The van der Waals surface area contributed by atoms with Crippen LogP contribution in [0.3, 0.4) is 0 Å². The van der Waals surface area contributed by atoms with Crippen LogP contribution in [0.5, 0.6) is 0 Å². The zero-order chi connectivity index (χ0) is 19.0. The van der Waals surface area contributed by atoms with E-state index in [4.69, 9.17) is 0 Å². The van der Waals surface area contributed by atoms with Gasteiger partial charge in [0, 0.05) is 23.5 Å². The number of amides is 1. The van der Waals surface area contributed by atoms with Crippen LogP contribution in [0.15, 0.2) is 40.8 Å². The van der Waals surface area contributed by atoms with Crippen LogP contribution >= 0.6 is 11.3 Å². The van der Waals surface area contributed by atoms with E-state index in [0.717, 1.165) is 36.9 Å². The highest BCUT2D eigenvalue weighted by Crippen LogP contribution is 2.30. The summed E-state index contributed by atoms with van der Waals surface area (Å²) in [7, 11) is 0. The fourth-order valence-corrected chi connectivity index (χ4v) is 4.64. The van der Waals surface area contributed by atoms with E-state index in [1.54, 1.807) is 0 Å². The molecule has 1 aromatic carbocycles. The third-order valence-corrected chi connectivity index (χ3v) is 6.24. The summed E-state index contributed by atoms with van der Waals surface area (Å²) in [6.07, 6.45) is 4.73. The van der Waals surface area contributed by atoms with Crippen LogP contribution in [0.1, 0.15) is 31.7 Å². The lowest BCUT2D eigenvalue weighted by molar-refractivity contribution is -0.135. The van der Waals surface area contributed by atoms with Crippen molar-refractivity contribution in [2.24, 2.45) is 0 Å². The first-order valence-electron chi connectivity index (χ1n) is 9.38. The lowest BCUT2D eigenvalue weighted by Crippen LogP contribution is -2.44. The number of hydrogen-bond acceptors (Lipinski definition) is 4. The number of aromatic nitrogens is 2. The molecule has 3 heterocycles. The molecule has 0 unspecified atom stereocenters. The van der Waals surface area contributed by atoms with Crippen LogP contribution in [0.2, 0.25) is 0 Å². The number of carbonyl (C=O) groups excluding carboxylic acids is 1. The standard InChI is InChI=1S/C21H23N3O2S/c1-14-6-8-16(9-7-14)17-12-27-20-19(17)21(26)23(13-22-20)11-18(25)24-10-4-3-5-15(24)2/h6-9,12-13,15H,3-5,10-11H2,1-2H3/t15-/m1/s1. The summed E-state index contributed by atoms with van der Waals surface area (Å²) in [4.78, 5) is 32.9. The normalized spacial score (nSPS) is 17.4. The zero-order valence-corrected chi connectivity index (χ0v) is 16.5. The maximum absolute atomic E-state index is 13.1. The van der Waals surface area contributed by atoms with E-state index in [1.807, 2.05) is 41.5 Å². The summed E-state index contributed by atoms with van der Waals surface area (Å²) >= 11 is 1.46. The maximum atomic E-state index is 13.1. The number of aryl methyl sites for hydroxylation is 1. The van der Waals surface area contributed by atoms with Crippen molar-refractivity contribution in [3.8, 4) is 11.1 Å². The predicted octanol–water partition coefficient (Wildman–Crippen LogP) is 3.83. The number of carbonyl (C=O) groups is 1. The number of thiophene rings is 1. The quantitative estimate of drug-likeness (QED) is 0.693. The maximum Gasteiger partial charge on any atom is 0.263 e. The number of hydrogen-bond donors (Lipinski definition) is 0. The Morgan fingerprint density at radius 1 is 1.26 bits per heavy atom. The highest BCUT2D eigenvalue weighted by atomic mass is 32.1. The Hall–Kier alpha value is -2.47. The van der Waals surface area contributed by atoms with Gasteiger partial charge in [-0.1, -0.05) is 29.8 Å². The second-order valence-electron chi connectivity index (χ2n) is 7.31. The van der Waals surface area contributed by atoms with Crippen LogP contribution in [-0.4, -0.2) is 32.9 Å². The molecule has 0 spiro atoms. The molecule has 0 aliphatic carbocycles. The molecule has 140 valence electrons.